The van der Waals surface area contributed by atoms with Crippen molar-refractivity contribution in [1.82, 2.24) is 19.7 Å². The van der Waals surface area contributed by atoms with Crippen molar-refractivity contribution < 1.29 is 14.5 Å². The quantitative estimate of drug-likeness (QED) is 0.281. The van der Waals surface area contributed by atoms with Crippen LogP contribution < -0.4 is 5.32 Å². The second kappa shape index (κ2) is 10.4. The fraction of sp³-hybridized carbons (Fsp3) is 0.304. The number of nitro benzene ring substituents is 1. The molecule has 1 aliphatic heterocycles. The number of thioether (sulfide) groups is 1. The number of nitrogens with one attached hydrogen (secondary N) is 1. The summed E-state index contributed by atoms with van der Waals surface area (Å²) in [6.07, 6.45) is 1.64. The van der Waals surface area contributed by atoms with Gasteiger partial charge in [0.25, 0.3) is 11.6 Å². The Hall–Kier alpha value is -3.44. The molecule has 2 amide bonds. The molecule has 1 fully saturated rings. The lowest BCUT2D eigenvalue weighted by Crippen LogP contribution is -2.32. The van der Waals surface area contributed by atoms with E-state index < -0.39 is 4.92 Å². The van der Waals surface area contributed by atoms with Gasteiger partial charge in [0.05, 0.1) is 27.4 Å². The van der Waals surface area contributed by atoms with Crippen LogP contribution in [-0.2, 0) is 11.8 Å². The van der Waals surface area contributed by atoms with E-state index in [1.807, 2.05) is 36.1 Å². The third kappa shape index (κ3) is 5.46. The molecular formula is C23H23ClN6O4S. The normalized spacial score (nSPS) is 15.3. The molecule has 0 aliphatic carbocycles. The van der Waals surface area contributed by atoms with Gasteiger partial charge in [-0.05, 0) is 38.0 Å². The molecule has 1 aliphatic rings. The second-order valence-electron chi connectivity index (χ2n) is 8.18. The average molecular weight is 515 g/mol. The number of halogens is 1. The number of nitrogens with zero attached hydrogens (tertiary/aromatic N) is 5. The van der Waals surface area contributed by atoms with Crippen LogP contribution >= 0.6 is 23.4 Å². The van der Waals surface area contributed by atoms with E-state index in [1.165, 1.54) is 30.0 Å². The highest BCUT2D eigenvalue weighted by molar-refractivity contribution is 7.99. The van der Waals surface area contributed by atoms with Crippen molar-refractivity contribution in [1.29, 1.82) is 0 Å². The smallest absolute Gasteiger partial charge is 0.271 e. The van der Waals surface area contributed by atoms with Gasteiger partial charge in [-0.3, -0.25) is 19.7 Å². The van der Waals surface area contributed by atoms with Crippen molar-refractivity contribution in [3.8, 4) is 0 Å². The number of carbonyl (C=O) groups excluding carboxylic acids is 2. The van der Waals surface area contributed by atoms with E-state index in [1.54, 1.807) is 11.6 Å². The first-order valence-electron chi connectivity index (χ1n) is 10.9. The lowest BCUT2D eigenvalue weighted by molar-refractivity contribution is -0.384. The number of nitro groups is 1. The summed E-state index contributed by atoms with van der Waals surface area (Å²) >= 11 is 7.23. The monoisotopic (exact) mass is 514 g/mol. The summed E-state index contributed by atoms with van der Waals surface area (Å²) in [7, 11) is 1.81. The first-order valence-corrected chi connectivity index (χ1v) is 12.2. The molecule has 1 unspecified atom stereocenters. The van der Waals surface area contributed by atoms with E-state index in [0.29, 0.717) is 23.1 Å². The van der Waals surface area contributed by atoms with Crippen LogP contribution in [0.5, 0.6) is 0 Å². The number of anilines is 1. The molecule has 35 heavy (non-hydrogen) atoms. The number of hydrogen-bond donors (Lipinski definition) is 1. The predicted octanol–water partition coefficient (Wildman–Crippen LogP) is 4.39. The van der Waals surface area contributed by atoms with Crippen LogP contribution in [0.3, 0.4) is 0 Å². The summed E-state index contributed by atoms with van der Waals surface area (Å²) in [6.45, 7) is 2.59. The molecule has 1 atom stereocenters. The third-order valence-corrected chi connectivity index (χ3v) is 7.06. The maximum absolute atomic E-state index is 13.1. The molecule has 2 aromatic carbocycles. The van der Waals surface area contributed by atoms with Gasteiger partial charge in [-0.1, -0.05) is 41.1 Å². The van der Waals surface area contributed by atoms with Gasteiger partial charge in [0.2, 0.25) is 5.91 Å². The van der Waals surface area contributed by atoms with Gasteiger partial charge in [0, 0.05) is 31.3 Å². The minimum absolute atomic E-state index is 0.00159. The zero-order valence-electron chi connectivity index (χ0n) is 19.1. The molecule has 1 aromatic heterocycles. The first-order chi connectivity index (χ1) is 16.7. The zero-order chi connectivity index (χ0) is 25.1. The summed E-state index contributed by atoms with van der Waals surface area (Å²) < 4.78 is 1.80. The van der Waals surface area contributed by atoms with Gasteiger partial charge in [-0.25, -0.2) is 0 Å². The average Bonchev–Trinajstić information content (AvgIpc) is 3.45. The summed E-state index contributed by atoms with van der Waals surface area (Å²) in [6, 6.07) is 11.2. The Morgan fingerprint density at radius 3 is 2.80 bits per heavy atom. The topological polar surface area (TPSA) is 123 Å². The van der Waals surface area contributed by atoms with Crippen molar-refractivity contribution >= 4 is 46.6 Å². The number of hydrogen-bond acceptors (Lipinski definition) is 7. The van der Waals surface area contributed by atoms with Crippen molar-refractivity contribution in [2.45, 2.75) is 31.0 Å². The molecule has 4 rings (SSSR count). The fourth-order valence-corrected chi connectivity index (χ4v) is 4.89. The SMILES string of the molecule is Cc1cccc(C(=O)N2CCCC2c2nnc(SCC(=O)Nc3cc([N+](=O)[O-])ccc3Cl)n2C)c1. The van der Waals surface area contributed by atoms with E-state index in [0.717, 1.165) is 18.4 Å². The zero-order valence-corrected chi connectivity index (χ0v) is 20.7. The summed E-state index contributed by atoms with van der Waals surface area (Å²) in [4.78, 5) is 37.8. The molecule has 2 heterocycles. The molecule has 0 spiro atoms. The Labute approximate surface area is 210 Å². The molecule has 0 bridgehead atoms. The van der Waals surface area contributed by atoms with Gasteiger partial charge < -0.3 is 14.8 Å². The van der Waals surface area contributed by atoms with E-state index in [-0.39, 0.29) is 40.0 Å². The van der Waals surface area contributed by atoms with E-state index in [2.05, 4.69) is 15.5 Å². The highest BCUT2D eigenvalue weighted by Crippen LogP contribution is 2.33. The summed E-state index contributed by atoms with van der Waals surface area (Å²) in [5.41, 5.74) is 1.66. The van der Waals surface area contributed by atoms with Gasteiger partial charge in [-0.15, -0.1) is 10.2 Å². The Morgan fingerprint density at radius 2 is 2.06 bits per heavy atom. The van der Waals surface area contributed by atoms with Crippen LogP contribution in [0.15, 0.2) is 47.6 Å². The number of amides is 2. The lowest BCUT2D eigenvalue weighted by atomic mass is 10.1. The van der Waals surface area contributed by atoms with E-state index in [9.17, 15) is 19.7 Å². The number of rotatable bonds is 7. The largest absolute Gasteiger partial charge is 0.328 e. The van der Waals surface area contributed by atoms with Crippen molar-refractivity contribution in [3.05, 3.63) is 74.6 Å². The molecule has 0 saturated carbocycles. The van der Waals surface area contributed by atoms with Crippen LogP contribution in [-0.4, -0.2) is 48.7 Å². The highest BCUT2D eigenvalue weighted by atomic mass is 35.5. The van der Waals surface area contributed by atoms with Crippen LogP contribution in [0.4, 0.5) is 11.4 Å². The number of carbonyl (C=O) groups is 2. The van der Waals surface area contributed by atoms with Gasteiger partial charge >= 0.3 is 0 Å². The number of aromatic nitrogens is 3. The fourth-order valence-electron chi connectivity index (χ4n) is 4.00. The van der Waals surface area contributed by atoms with Gasteiger partial charge in [-0.2, -0.15) is 0 Å². The van der Waals surface area contributed by atoms with Crippen LogP contribution in [0.25, 0.3) is 0 Å². The van der Waals surface area contributed by atoms with Gasteiger partial charge in [0.1, 0.15) is 0 Å². The van der Waals surface area contributed by atoms with Crippen LogP contribution in [0, 0.1) is 17.0 Å². The molecule has 1 saturated heterocycles. The Bertz CT molecular complexity index is 1300. The third-order valence-electron chi connectivity index (χ3n) is 5.71. The van der Waals surface area contributed by atoms with E-state index in [4.69, 9.17) is 11.6 Å². The Kier molecular flexibility index (Phi) is 7.37. The molecule has 1 N–H and O–H groups in total. The predicted molar refractivity (Wildman–Crippen MR) is 133 cm³/mol. The van der Waals surface area contributed by atoms with Crippen molar-refractivity contribution in [3.63, 3.8) is 0 Å². The standard InChI is InChI=1S/C23H23ClN6O4S/c1-14-5-3-6-15(11-14)22(32)29-10-4-7-19(29)21-26-27-23(28(21)2)35-13-20(31)25-18-12-16(30(33)34)8-9-17(18)24/h3,5-6,8-9,11-12,19H,4,7,10,13H2,1-2H3,(H,25,31). The van der Waals surface area contributed by atoms with Crippen LogP contribution in [0.1, 0.15) is 40.6 Å². The number of aryl methyl sites for hydroxylation is 1. The molecule has 182 valence electrons. The Morgan fingerprint density at radius 1 is 1.26 bits per heavy atom. The molecule has 3 aromatic rings. The second-order valence-corrected chi connectivity index (χ2v) is 9.53. The van der Waals surface area contributed by atoms with Gasteiger partial charge in [0.15, 0.2) is 11.0 Å². The minimum Gasteiger partial charge on any atom is -0.328 e. The molecule has 10 nitrogen and oxygen atoms in total. The maximum atomic E-state index is 13.1. The number of benzene rings is 2. The highest BCUT2D eigenvalue weighted by Gasteiger charge is 2.34. The molecule has 12 heteroatoms. The number of likely N-dealkylation sites (tertiary alicyclic amines) is 1. The molecular weight excluding hydrogens is 492 g/mol. The minimum atomic E-state index is -0.558. The summed E-state index contributed by atoms with van der Waals surface area (Å²) in [5, 5.41) is 22.8. The van der Waals surface area contributed by atoms with Crippen molar-refractivity contribution in [2.24, 2.45) is 7.05 Å². The van der Waals surface area contributed by atoms with Crippen molar-refractivity contribution in [2.75, 3.05) is 17.6 Å². The van der Waals surface area contributed by atoms with Crippen LogP contribution in [0.2, 0.25) is 5.02 Å². The number of non-ortho nitro benzene ring substituents is 1. The maximum Gasteiger partial charge on any atom is 0.271 e. The van der Waals surface area contributed by atoms with E-state index >= 15 is 0 Å². The first kappa shape index (κ1) is 24.7. The summed E-state index contributed by atoms with van der Waals surface area (Å²) in [5.74, 6) is 0.232. The Balaban J connectivity index is 1.43. The molecule has 0 radical (unpaired) electrons. The lowest BCUT2D eigenvalue weighted by Gasteiger charge is -2.24.